The number of aryl methyl sites for hydroxylation is 1. The molecular formula is C17H27N3O. The lowest BCUT2D eigenvalue weighted by atomic mass is 10.1. The van der Waals surface area contributed by atoms with Crippen LogP contribution < -0.4 is 4.90 Å². The van der Waals surface area contributed by atoms with Gasteiger partial charge in [-0.2, -0.15) is 0 Å². The van der Waals surface area contributed by atoms with Gasteiger partial charge in [-0.05, 0) is 32.3 Å². The molecular weight excluding hydrogens is 262 g/mol. The van der Waals surface area contributed by atoms with Crippen LogP contribution in [0.25, 0.3) is 0 Å². The van der Waals surface area contributed by atoms with Crippen molar-refractivity contribution in [2.45, 2.75) is 57.7 Å². The van der Waals surface area contributed by atoms with Gasteiger partial charge in [0.05, 0.1) is 12.6 Å². The second-order valence-electron chi connectivity index (χ2n) is 6.58. The van der Waals surface area contributed by atoms with Gasteiger partial charge < -0.3 is 10.0 Å². The molecule has 2 heterocycles. The Balaban J connectivity index is 1.91. The Morgan fingerprint density at radius 1 is 1.24 bits per heavy atom. The Morgan fingerprint density at radius 3 is 2.71 bits per heavy atom. The highest BCUT2D eigenvalue weighted by molar-refractivity contribution is 5.48. The Kier molecular flexibility index (Phi) is 4.45. The highest BCUT2D eigenvalue weighted by Crippen LogP contribution is 2.30. The van der Waals surface area contributed by atoms with Gasteiger partial charge in [-0.15, -0.1) is 0 Å². The fourth-order valence-corrected chi connectivity index (χ4v) is 3.77. The largest absolute Gasteiger partial charge is 0.394 e. The first kappa shape index (κ1) is 14.8. The number of hydrogen-bond acceptors (Lipinski definition) is 4. The molecule has 0 radical (unpaired) electrons. The lowest BCUT2D eigenvalue weighted by Gasteiger charge is -2.37. The third-order valence-corrected chi connectivity index (χ3v) is 5.15. The van der Waals surface area contributed by atoms with Gasteiger partial charge in [-0.3, -0.25) is 4.90 Å². The number of aliphatic hydroxyl groups excluding tert-OH is 1. The zero-order valence-electron chi connectivity index (χ0n) is 13.3. The minimum Gasteiger partial charge on any atom is -0.394 e. The van der Waals surface area contributed by atoms with E-state index in [1.54, 1.807) is 0 Å². The first-order valence-corrected chi connectivity index (χ1v) is 8.23. The molecule has 1 N–H and O–H groups in total. The first-order valence-electron chi connectivity index (χ1n) is 8.23. The van der Waals surface area contributed by atoms with E-state index in [1.807, 2.05) is 6.92 Å². The fourth-order valence-electron chi connectivity index (χ4n) is 3.77. The van der Waals surface area contributed by atoms with Gasteiger partial charge >= 0.3 is 0 Å². The van der Waals surface area contributed by atoms with E-state index >= 15 is 0 Å². The van der Waals surface area contributed by atoms with E-state index in [1.165, 1.54) is 31.2 Å². The van der Waals surface area contributed by atoms with Crippen molar-refractivity contribution < 1.29 is 5.11 Å². The SMILES string of the molecule is Cc1ccc2c(n1)N(C)C(CO)CCN(C1CCCC1)C2. The summed E-state index contributed by atoms with van der Waals surface area (Å²) in [6.07, 6.45) is 6.40. The van der Waals surface area contributed by atoms with Crippen molar-refractivity contribution in [3.63, 3.8) is 0 Å². The molecule has 116 valence electrons. The van der Waals surface area contributed by atoms with Crippen LogP contribution in [-0.4, -0.2) is 47.3 Å². The monoisotopic (exact) mass is 289 g/mol. The van der Waals surface area contributed by atoms with E-state index in [9.17, 15) is 5.11 Å². The van der Waals surface area contributed by atoms with Gasteiger partial charge in [0.2, 0.25) is 0 Å². The molecule has 1 unspecified atom stereocenters. The van der Waals surface area contributed by atoms with Crippen LogP contribution in [0.5, 0.6) is 0 Å². The van der Waals surface area contributed by atoms with Crippen molar-refractivity contribution in [2.75, 3.05) is 25.1 Å². The van der Waals surface area contributed by atoms with Gasteiger partial charge in [0.1, 0.15) is 5.82 Å². The topological polar surface area (TPSA) is 39.6 Å². The number of nitrogens with zero attached hydrogens (tertiary/aromatic N) is 3. The summed E-state index contributed by atoms with van der Waals surface area (Å²) in [6, 6.07) is 5.22. The van der Waals surface area contributed by atoms with E-state index in [-0.39, 0.29) is 12.6 Å². The Bertz CT molecular complexity index is 485. The van der Waals surface area contributed by atoms with Gasteiger partial charge in [0.15, 0.2) is 0 Å². The first-order chi connectivity index (χ1) is 10.2. The van der Waals surface area contributed by atoms with Crippen LogP contribution in [0.15, 0.2) is 12.1 Å². The predicted octanol–water partition coefficient (Wildman–Crippen LogP) is 2.34. The summed E-state index contributed by atoms with van der Waals surface area (Å²) in [5, 5.41) is 9.74. The number of likely N-dealkylation sites (N-methyl/N-ethyl adjacent to an activating group) is 1. The molecule has 1 atom stereocenters. The van der Waals surface area contributed by atoms with Crippen LogP contribution in [0.4, 0.5) is 5.82 Å². The Labute approximate surface area is 127 Å². The molecule has 0 amide bonds. The molecule has 3 rings (SSSR count). The van der Waals surface area contributed by atoms with Gasteiger partial charge in [0.25, 0.3) is 0 Å². The van der Waals surface area contributed by atoms with Crippen molar-refractivity contribution in [3.05, 3.63) is 23.4 Å². The molecule has 4 nitrogen and oxygen atoms in total. The van der Waals surface area contributed by atoms with Crippen LogP contribution in [0.1, 0.15) is 43.4 Å². The molecule has 4 heteroatoms. The number of rotatable bonds is 2. The van der Waals surface area contributed by atoms with Crippen molar-refractivity contribution in [3.8, 4) is 0 Å². The summed E-state index contributed by atoms with van der Waals surface area (Å²) in [6.45, 7) is 4.31. The maximum atomic E-state index is 9.74. The number of aliphatic hydroxyl groups is 1. The molecule has 1 aromatic heterocycles. The number of pyridine rings is 1. The lowest BCUT2D eigenvalue weighted by Crippen LogP contribution is -2.44. The number of anilines is 1. The molecule has 0 aromatic carbocycles. The third-order valence-electron chi connectivity index (χ3n) is 5.15. The molecule has 1 saturated carbocycles. The quantitative estimate of drug-likeness (QED) is 0.907. The van der Waals surface area contributed by atoms with Crippen molar-refractivity contribution in [1.29, 1.82) is 0 Å². The number of hydrogen-bond donors (Lipinski definition) is 1. The van der Waals surface area contributed by atoms with E-state index in [4.69, 9.17) is 4.98 Å². The zero-order valence-corrected chi connectivity index (χ0v) is 13.3. The third kappa shape index (κ3) is 3.06. The second-order valence-corrected chi connectivity index (χ2v) is 6.58. The summed E-state index contributed by atoms with van der Waals surface area (Å²) in [7, 11) is 2.07. The van der Waals surface area contributed by atoms with Gasteiger partial charge in [-0.25, -0.2) is 4.98 Å². The van der Waals surface area contributed by atoms with Gasteiger partial charge in [0, 0.05) is 37.4 Å². The fraction of sp³-hybridized carbons (Fsp3) is 0.706. The van der Waals surface area contributed by atoms with E-state index in [0.717, 1.165) is 37.1 Å². The molecule has 1 aromatic rings. The molecule has 0 bridgehead atoms. The summed E-state index contributed by atoms with van der Waals surface area (Å²) in [4.78, 5) is 9.54. The van der Waals surface area contributed by atoms with Crippen molar-refractivity contribution >= 4 is 5.82 Å². The number of fused-ring (bicyclic) bond motifs is 1. The predicted molar refractivity (Wildman–Crippen MR) is 85.5 cm³/mol. The molecule has 0 saturated heterocycles. The van der Waals surface area contributed by atoms with Crippen LogP contribution in [0.3, 0.4) is 0 Å². The molecule has 1 fully saturated rings. The summed E-state index contributed by atoms with van der Waals surface area (Å²) >= 11 is 0. The minimum absolute atomic E-state index is 0.169. The van der Waals surface area contributed by atoms with Crippen molar-refractivity contribution in [2.24, 2.45) is 0 Å². The van der Waals surface area contributed by atoms with Crippen LogP contribution in [0, 0.1) is 6.92 Å². The van der Waals surface area contributed by atoms with E-state index < -0.39 is 0 Å². The Hall–Kier alpha value is -1.13. The molecule has 1 aliphatic carbocycles. The standard InChI is InChI=1S/C17H27N3O/c1-13-7-8-14-11-20(15-5-3-4-6-15)10-9-16(12-21)19(2)17(14)18-13/h7-8,15-16,21H,3-6,9-12H2,1-2H3. The molecule has 2 aliphatic rings. The normalized spacial score (nSPS) is 24.7. The van der Waals surface area contributed by atoms with Crippen LogP contribution >= 0.6 is 0 Å². The zero-order chi connectivity index (χ0) is 14.8. The maximum absolute atomic E-state index is 9.74. The minimum atomic E-state index is 0.169. The average molecular weight is 289 g/mol. The summed E-state index contributed by atoms with van der Waals surface area (Å²) in [5.41, 5.74) is 2.35. The van der Waals surface area contributed by atoms with E-state index in [2.05, 4.69) is 29.0 Å². The highest BCUT2D eigenvalue weighted by Gasteiger charge is 2.28. The van der Waals surface area contributed by atoms with Crippen LogP contribution in [0.2, 0.25) is 0 Å². The van der Waals surface area contributed by atoms with Crippen molar-refractivity contribution in [1.82, 2.24) is 9.88 Å². The summed E-state index contributed by atoms with van der Waals surface area (Å²) < 4.78 is 0. The average Bonchev–Trinajstić information content (AvgIpc) is 3.00. The van der Waals surface area contributed by atoms with E-state index in [0.29, 0.717) is 0 Å². The highest BCUT2D eigenvalue weighted by atomic mass is 16.3. The maximum Gasteiger partial charge on any atom is 0.133 e. The second kappa shape index (κ2) is 6.32. The Morgan fingerprint density at radius 2 is 2.00 bits per heavy atom. The van der Waals surface area contributed by atoms with Gasteiger partial charge in [-0.1, -0.05) is 18.9 Å². The molecule has 1 aliphatic heterocycles. The molecule has 21 heavy (non-hydrogen) atoms. The molecule has 0 spiro atoms. The van der Waals surface area contributed by atoms with Crippen LogP contribution in [-0.2, 0) is 6.54 Å². The lowest BCUT2D eigenvalue weighted by molar-refractivity contribution is 0.165. The smallest absolute Gasteiger partial charge is 0.133 e. The summed E-state index contributed by atoms with van der Waals surface area (Å²) in [5.74, 6) is 1.05. The number of aromatic nitrogens is 1.